The molecule has 1 heterocycles. The molecule has 0 saturated heterocycles. The van der Waals surface area contributed by atoms with Crippen molar-refractivity contribution in [3.05, 3.63) is 88.5 Å². The van der Waals surface area contributed by atoms with Crippen LogP contribution in [-0.4, -0.2) is 20.5 Å². The van der Waals surface area contributed by atoms with Gasteiger partial charge in [0.2, 0.25) is 0 Å². The van der Waals surface area contributed by atoms with E-state index in [2.05, 4.69) is 17.2 Å². The molecule has 0 bridgehead atoms. The Balaban J connectivity index is 1.39. The number of aromatic nitrogens is 2. The first-order valence-corrected chi connectivity index (χ1v) is 10.3. The molecule has 1 aromatic heterocycles. The van der Waals surface area contributed by atoms with Crippen LogP contribution in [-0.2, 0) is 12.8 Å². The Labute approximate surface area is 174 Å². The number of rotatable bonds is 4. The Hall–Kier alpha value is -3.23. The van der Waals surface area contributed by atoms with Crippen LogP contribution in [0.15, 0.2) is 60.3 Å². The number of aryl methyl sites for hydroxylation is 1. The van der Waals surface area contributed by atoms with Crippen molar-refractivity contribution < 1.29 is 9.50 Å². The SMILES string of the molecule is N#Cc1cc(F)ccc1CC[C@]1(O)CCC2=Cc3c(cnn3-c3ccccc3)CC21. The quantitative estimate of drug-likeness (QED) is 0.698. The number of aliphatic hydroxyl groups is 1. The molecule has 3 aromatic rings. The average Bonchev–Trinajstić information content (AvgIpc) is 3.33. The van der Waals surface area contributed by atoms with Crippen LogP contribution in [0.5, 0.6) is 0 Å². The lowest BCUT2D eigenvalue weighted by atomic mass is 9.77. The number of hydrogen-bond donors (Lipinski definition) is 1. The second kappa shape index (κ2) is 7.23. The van der Waals surface area contributed by atoms with Crippen molar-refractivity contribution in [2.75, 3.05) is 0 Å². The van der Waals surface area contributed by atoms with Crippen LogP contribution >= 0.6 is 0 Å². The third-order valence-corrected chi connectivity index (χ3v) is 6.60. The lowest BCUT2D eigenvalue weighted by Crippen LogP contribution is -2.36. The number of hydrogen-bond acceptors (Lipinski definition) is 3. The fourth-order valence-corrected chi connectivity index (χ4v) is 4.94. The van der Waals surface area contributed by atoms with Crippen LogP contribution in [0.3, 0.4) is 0 Å². The molecule has 5 heteroatoms. The van der Waals surface area contributed by atoms with Gasteiger partial charge in [0, 0.05) is 5.92 Å². The molecule has 1 N–H and O–H groups in total. The van der Waals surface area contributed by atoms with Gasteiger partial charge in [-0.2, -0.15) is 10.4 Å². The van der Waals surface area contributed by atoms with Crippen molar-refractivity contribution in [2.24, 2.45) is 5.92 Å². The third-order valence-electron chi connectivity index (χ3n) is 6.60. The van der Waals surface area contributed by atoms with E-state index in [1.165, 1.54) is 17.7 Å². The fraction of sp³-hybridized carbons (Fsp3) is 0.280. The number of benzene rings is 2. The lowest BCUT2D eigenvalue weighted by Gasteiger charge is -2.32. The fourth-order valence-electron chi connectivity index (χ4n) is 4.94. The second-order valence-corrected chi connectivity index (χ2v) is 8.30. The molecule has 1 unspecified atom stereocenters. The zero-order valence-electron chi connectivity index (χ0n) is 16.6. The van der Waals surface area contributed by atoms with E-state index < -0.39 is 11.4 Å². The Kier molecular flexibility index (Phi) is 4.52. The van der Waals surface area contributed by atoms with Crippen LogP contribution in [0.1, 0.15) is 41.6 Å². The Morgan fingerprint density at radius 3 is 2.87 bits per heavy atom. The molecule has 5 rings (SSSR count). The summed E-state index contributed by atoms with van der Waals surface area (Å²) in [6.45, 7) is 0. The van der Waals surface area contributed by atoms with E-state index in [0.717, 1.165) is 35.3 Å². The van der Waals surface area contributed by atoms with Crippen molar-refractivity contribution in [3.63, 3.8) is 0 Å². The minimum Gasteiger partial charge on any atom is -0.389 e. The zero-order valence-corrected chi connectivity index (χ0v) is 16.6. The summed E-state index contributed by atoms with van der Waals surface area (Å²) in [5.41, 5.74) is 4.86. The van der Waals surface area contributed by atoms with E-state index in [0.29, 0.717) is 24.8 Å². The summed E-state index contributed by atoms with van der Waals surface area (Å²) in [5.74, 6) is -0.347. The van der Waals surface area contributed by atoms with Gasteiger partial charge in [-0.15, -0.1) is 0 Å². The van der Waals surface area contributed by atoms with Gasteiger partial charge >= 0.3 is 0 Å². The first kappa shape index (κ1) is 18.8. The Bertz CT molecular complexity index is 1170. The molecule has 1 fully saturated rings. The van der Waals surface area contributed by atoms with Gasteiger partial charge in [-0.1, -0.05) is 29.8 Å². The van der Waals surface area contributed by atoms with Gasteiger partial charge < -0.3 is 5.11 Å². The van der Waals surface area contributed by atoms with Crippen molar-refractivity contribution >= 4 is 6.08 Å². The predicted molar refractivity (Wildman–Crippen MR) is 112 cm³/mol. The summed E-state index contributed by atoms with van der Waals surface area (Å²) in [6, 6.07) is 16.4. The highest BCUT2D eigenvalue weighted by atomic mass is 19.1. The monoisotopic (exact) mass is 399 g/mol. The summed E-state index contributed by atoms with van der Waals surface area (Å²) >= 11 is 0. The molecular weight excluding hydrogens is 377 g/mol. The molecule has 1 saturated carbocycles. The van der Waals surface area contributed by atoms with Gasteiger partial charge in [0.15, 0.2) is 0 Å². The molecule has 30 heavy (non-hydrogen) atoms. The molecule has 150 valence electrons. The average molecular weight is 399 g/mol. The summed E-state index contributed by atoms with van der Waals surface area (Å²) in [5, 5.41) is 25.4. The second-order valence-electron chi connectivity index (χ2n) is 8.30. The number of nitrogens with zero attached hydrogens (tertiary/aromatic N) is 3. The molecular formula is C25H22FN3O. The zero-order chi connectivity index (χ0) is 20.7. The maximum Gasteiger partial charge on any atom is 0.124 e. The minimum atomic E-state index is -0.820. The van der Waals surface area contributed by atoms with Gasteiger partial charge in [0.1, 0.15) is 5.82 Å². The summed E-state index contributed by atoms with van der Waals surface area (Å²) in [4.78, 5) is 0. The molecule has 0 radical (unpaired) electrons. The van der Waals surface area contributed by atoms with E-state index >= 15 is 0 Å². The summed E-state index contributed by atoms with van der Waals surface area (Å²) in [6.07, 6.45) is 7.53. The molecule has 0 aliphatic heterocycles. The molecule has 0 spiro atoms. The van der Waals surface area contributed by atoms with Gasteiger partial charge in [0.25, 0.3) is 0 Å². The van der Waals surface area contributed by atoms with E-state index in [-0.39, 0.29) is 5.92 Å². The van der Waals surface area contributed by atoms with Crippen LogP contribution in [0.25, 0.3) is 11.8 Å². The number of para-hydroxylation sites is 1. The smallest absolute Gasteiger partial charge is 0.124 e. The van der Waals surface area contributed by atoms with Crippen molar-refractivity contribution in [2.45, 2.75) is 37.7 Å². The van der Waals surface area contributed by atoms with Crippen LogP contribution in [0, 0.1) is 23.1 Å². The van der Waals surface area contributed by atoms with E-state index in [4.69, 9.17) is 0 Å². The van der Waals surface area contributed by atoms with E-state index in [9.17, 15) is 14.8 Å². The Morgan fingerprint density at radius 1 is 1.23 bits per heavy atom. The first-order chi connectivity index (χ1) is 14.6. The Morgan fingerprint density at radius 2 is 2.07 bits per heavy atom. The highest BCUT2D eigenvalue weighted by Crippen LogP contribution is 2.48. The van der Waals surface area contributed by atoms with Crippen LogP contribution in [0.2, 0.25) is 0 Å². The number of halogens is 1. The van der Waals surface area contributed by atoms with Gasteiger partial charge in [-0.25, -0.2) is 9.07 Å². The summed E-state index contributed by atoms with van der Waals surface area (Å²) < 4.78 is 15.4. The van der Waals surface area contributed by atoms with Crippen LogP contribution < -0.4 is 0 Å². The van der Waals surface area contributed by atoms with Gasteiger partial charge in [-0.3, -0.25) is 0 Å². The highest BCUT2D eigenvalue weighted by Gasteiger charge is 2.45. The van der Waals surface area contributed by atoms with Crippen molar-refractivity contribution in [1.82, 2.24) is 9.78 Å². The maximum absolute atomic E-state index is 13.4. The molecule has 4 nitrogen and oxygen atoms in total. The van der Waals surface area contributed by atoms with Crippen LogP contribution in [0.4, 0.5) is 4.39 Å². The molecule has 2 aliphatic carbocycles. The first-order valence-electron chi connectivity index (χ1n) is 10.3. The van der Waals surface area contributed by atoms with Gasteiger partial charge in [0.05, 0.1) is 34.8 Å². The molecule has 2 aromatic carbocycles. The third kappa shape index (κ3) is 3.14. The lowest BCUT2D eigenvalue weighted by molar-refractivity contribution is 0.00157. The molecule has 2 atom stereocenters. The standard InChI is InChI=1S/C25H22FN3O/c26-21-7-6-17(19(12-21)15-27)8-10-25(30)11-9-18-14-24-20(13-23(18)25)16-28-29(24)22-4-2-1-3-5-22/h1-7,12,14,16,23,30H,8-11,13H2/t23?,25-/m0/s1. The predicted octanol–water partition coefficient (Wildman–Crippen LogP) is 4.60. The topological polar surface area (TPSA) is 61.8 Å². The number of fused-ring (bicyclic) bond motifs is 2. The summed E-state index contributed by atoms with van der Waals surface area (Å²) in [7, 11) is 0. The van der Waals surface area contributed by atoms with E-state index in [1.54, 1.807) is 6.07 Å². The minimum absolute atomic E-state index is 0.0596. The van der Waals surface area contributed by atoms with Crippen molar-refractivity contribution in [1.29, 1.82) is 5.26 Å². The van der Waals surface area contributed by atoms with E-state index in [1.807, 2.05) is 41.2 Å². The molecule has 2 aliphatic rings. The maximum atomic E-state index is 13.4. The van der Waals surface area contributed by atoms with Crippen molar-refractivity contribution in [3.8, 4) is 11.8 Å². The molecule has 0 amide bonds. The normalized spacial score (nSPS) is 22.2. The largest absolute Gasteiger partial charge is 0.389 e. The van der Waals surface area contributed by atoms with Gasteiger partial charge in [-0.05, 0) is 73.6 Å². The number of nitriles is 1. The highest BCUT2D eigenvalue weighted by molar-refractivity contribution is 5.61.